The van der Waals surface area contributed by atoms with Gasteiger partial charge in [0.05, 0.1) is 28.7 Å². The van der Waals surface area contributed by atoms with Crippen molar-refractivity contribution < 1.29 is 4.92 Å². The molecule has 2 rings (SSSR count). The lowest BCUT2D eigenvalue weighted by Gasteiger charge is -2.05. The van der Waals surface area contributed by atoms with Gasteiger partial charge in [0.15, 0.2) is 0 Å². The van der Waals surface area contributed by atoms with Crippen molar-refractivity contribution in [3.8, 4) is 11.3 Å². The first-order valence-corrected chi connectivity index (χ1v) is 5.09. The normalized spacial score (nSPS) is 10.1. The maximum Gasteiger partial charge on any atom is 0.278 e. The lowest BCUT2D eigenvalue weighted by molar-refractivity contribution is -0.384. The van der Waals surface area contributed by atoms with E-state index in [-0.39, 0.29) is 10.6 Å². The molecule has 1 aromatic carbocycles. The maximum atomic E-state index is 10.9. The molecule has 0 spiro atoms. The molecule has 0 aliphatic heterocycles. The summed E-state index contributed by atoms with van der Waals surface area (Å²) in [7, 11) is 0. The van der Waals surface area contributed by atoms with Crippen LogP contribution in [0.2, 0.25) is 0 Å². The summed E-state index contributed by atoms with van der Waals surface area (Å²) in [4.78, 5) is 14.6. The Kier molecular flexibility index (Phi) is 3.00. The van der Waals surface area contributed by atoms with Crippen molar-refractivity contribution in [2.75, 3.05) is 0 Å². The van der Waals surface area contributed by atoms with Crippen LogP contribution in [-0.4, -0.2) is 14.5 Å². The molecule has 1 aromatic heterocycles. The van der Waals surface area contributed by atoms with E-state index < -0.39 is 0 Å². The van der Waals surface area contributed by atoms with Gasteiger partial charge in [0.25, 0.3) is 5.69 Å². The van der Waals surface area contributed by atoms with Crippen LogP contribution < -0.4 is 0 Å². The van der Waals surface area contributed by atoms with Crippen LogP contribution in [0.4, 0.5) is 5.69 Å². The van der Waals surface area contributed by atoms with Gasteiger partial charge >= 0.3 is 0 Å². The number of allylic oxidation sites excluding steroid dienone is 1. The van der Waals surface area contributed by atoms with E-state index in [0.717, 1.165) is 5.69 Å². The summed E-state index contributed by atoms with van der Waals surface area (Å²) in [6.07, 6.45) is 4.97. The topological polar surface area (TPSA) is 61.0 Å². The molecule has 1 heterocycles. The molecular weight excluding hydrogens is 218 g/mol. The molecule has 0 radical (unpaired) electrons. The van der Waals surface area contributed by atoms with Crippen LogP contribution in [0.25, 0.3) is 11.3 Å². The molecule has 0 saturated heterocycles. The zero-order valence-electron chi connectivity index (χ0n) is 9.11. The van der Waals surface area contributed by atoms with E-state index >= 15 is 0 Å². The lowest BCUT2D eigenvalue weighted by atomic mass is 10.1. The molecule has 2 aromatic rings. The van der Waals surface area contributed by atoms with E-state index in [2.05, 4.69) is 11.6 Å². The van der Waals surface area contributed by atoms with Crippen molar-refractivity contribution in [2.45, 2.75) is 6.54 Å². The van der Waals surface area contributed by atoms with Gasteiger partial charge in [-0.3, -0.25) is 10.1 Å². The van der Waals surface area contributed by atoms with Crippen LogP contribution in [0.1, 0.15) is 0 Å². The van der Waals surface area contributed by atoms with Crippen molar-refractivity contribution in [3.05, 3.63) is 59.6 Å². The first kappa shape index (κ1) is 11.1. The van der Waals surface area contributed by atoms with Crippen molar-refractivity contribution in [1.82, 2.24) is 9.55 Å². The fourth-order valence-electron chi connectivity index (χ4n) is 1.68. The molecule has 0 bridgehead atoms. The minimum atomic E-state index is -0.388. The van der Waals surface area contributed by atoms with Crippen LogP contribution in [0, 0.1) is 10.1 Å². The standard InChI is InChI=1S/C12H11N3O2/c1-2-7-14-9-13-8-12(14)10-5-3-4-6-11(10)15(16)17/h2-6,8-9H,1,7H2. The molecule has 0 aliphatic carbocycles. The number of imidazole rings is 1. The van der Waals surface area contributed by atoms with Crippen LogP contribution in [-0.2, 0) is 6.54 Å². The van der Waals surface area contributed by atoms with E-state index in [1.54, 1.807) is 36.8 Å². The second-order valence-electron chi connectivity index (χ2n) is 3.49. The number of aromatic nitrogens is 2. The highest BCUT2D eigenvalue weighted by molar-refractivity contribution is 5.70. The van der Waals surface area contributed by atoms with Gasteiger partial charge in [0.2, 0.25) is 0 Å². The first-order chi connectivity index (χ1) is 8.24. The van der Waals surface area contributed by atoms with Gasteiger partial charge in [0.1, 0.15) is 0 Å². The number of nitrogens with zero attached hydrogens (tertiary/aromatic N) is 3. The Morgan fingerprint density at radius 1 is 1.47 bits per heavy atom. The summed E-state index contributed by atoms with van der Waals surface area (Å²) < 4.78 is 1.81. The number of hydrogen-bond acceptors (Lipinski definition) is 3. The Morgan fingerprint density at radius 3 is 2.94 bits per heavy atom. The van der Waals surface area contributed by atoms with E-state index in [1.807, 2.05) is 4.57 Å². The highest BCUT2D eigenvalue weighted by Gasteiger charge is 2.16. The summed E-state index contributed by atoms with van der Waals surface area (Å²) in [6, 6.07) is 6.62. The van der Waals surface area contributed by atoms with Gasteiger partial charge < -0.3 is 4.57 Å². The van der Waals surface area contributed by atoms with Crippen molar-refractivity contribution in [2.24, 2.45) is 0 Å². The number of rotatable bonds is 4. The Bertz CT molecular complexity index is 560. The number of para-hydroxylation sites is 1. The Hall–Kier alpha value is -2.43. The van der Waals surface area contributed by atoms with Crippen molar-refractivity contribution >= 4 is 5.69 Å². The number of benzene rings is 1. The number of nitro benzene ring substituents is 1. The largest absolute Gasteiger partial charge is 0.327 e. The minimum Gasteiger partial charge on any atom is -0.327 e. The van der Waals surface area contributed by atoms with E-state index in [1.165, 1.54) is 6.07 Å². The summed E-state index contributed by atoms with van der Waals surface area (Å²) in [5.41, 5.74) is 1.37. The summed E-state index contributed by atoms with van der Waals surface area (Å²) >= 11 is 0. The molecule has 5 heteroatoms. The SMILES string of the molecule is C=CCn1cncc1-c1ccccc1[N+](=O)[O-]. The Morgan fingerprint density at radius 2 is 2.24 bits per heavy atom. The van der Waals surface area contributed by atoms with Crippen LogP contribution in [0.15, 0.2) is 49.4 Å². The van der Waals surface area contributed by atoms with Gasteiger partial charge in [-0.25, -0.2) is 4.98 Å². The monoisotopic (exact) mass is 229 g/mol. The van der Waals surface area contributed by atoms with Gasteiger partial charge in [-0.05, 0) is 6.07 Å². The Labute approximate surface area is 98.2 Å². The molecule has 0 unspecified atom stereocenters. The third kappa shape index (κ3) is 2.08. The third-order valence-electron chi connectivity index (χ3n) is 2.41. The quantitative estimate of drug-likeness (QED) is 0.460. The van der Waals surface area contributed by atoms with E-state index in [0.29, 0.717) is 12.1 Å². The van der Waals surface area contributed by atoms with Crippen LogP contribution >= 0.6 is 0 Å². The molecule has 0 N–H and O–H groups in total. The first-order valence-electron chi connectivity index (χ1n) is 5.09. The van der Waals surface area contributed by atoms with Crippen LogP contribution in [0.3, 0.4) is 0 Å². The average Bonchev–Trinajstić information content (AvgIpc) is 2.77. The molecule has 86 valence electrons. The summed E-state index contributed by atoms with van der Waals surface area (Å²) in [6.45, 7) is 4.22. The Balaban J connectivity index is 2.56. The second kappa shape index (κ2) is 4.61. The molecule has 0 fully saturated rings. The summed E-state index contributed by atoms with van der Waals surface area (Å²) in [5.74, 6) is 0. The highest BCUT2D eigenvalue weighted by atomic mass is 16.6. The molecule has 0 aliphatic rings. The van der Waals surface area contributed by atoms with Gasteiger partial charge in [-0.15, -0.1) is 6.58 Å². The van der Waals surface area contributed by atoms with E-state index in [9.17, 15) is 10.1 Å². The molecular formula is C12H11N3O2. The predicted octanol–water partition coefficient (Wildman–Crippen LogP) is 2.64. The van der Waals surface area contributed by atoms with Gasteiger partial charge in [-0.2, -0.15) is 0 Å². The fraction of sp³-hybridized carbons (Fsp3) is 0.0833. The highest BCUT2D eigenvalue weighted by Crippen LogP contribution is 2.28. The average molecular weight is 229 g/mol. The number of hydrogen-bond donors (Lipinski definition) is 0. The minimum absolute atomic E-state index is 0.0818. The maximum absolute atomic E-state index is 10.9. The fourth-order valence-corrected chi connectivity index (χ4v) is 1.68. The predicted molar refractivity (Wildman–Crippen MR) is 64.5 cm³/mol. The van der Waals surface area contributed by atoms with Crippen molar-refractivity contribution in [1.29, 1.82) is 0 Å². The summed E-state index contributed by atoms with van der Waals surface area (Å²) in [5, 5.41) is 10.9. The van der Waals surface area contributed by atoms with E-state index in [4.69, 9.17) is 0 Å². The lowest BCUT2D eigenvalue weighted by Crippen LogP contribution is -1.98. The van der Waals surface area contributed by atoms with Gasteiger partial charge in [0, 0.05) is 12.6 Å². The molecule has 0 atom stereocenters. The zero-order valence-corrected chi connectivity index (χ0v) is 9.11. The molecule has 0 amide bonds. The molecule has 5 nitrogen and oxygen atoms in total. The van der Waals surface area contributed by atoms with Crippen molar-refractivity contribution in [3.63, 3.8) is 0 Å². The third-order valence-corrected chi connectivity index (χ3v) is 2.41. The van der Waals surface area contributed by atoms with Crippen LogP contribution in [0.5, 0.6) is 0 Å². The second-order valence-corrected chi connectivity index (χ2v) is 3.49. The molecule has 0 saturated carbocycles. The number of nitro groups is 1. The molecule has 17 heavy (non-hydrogen) atoms. The van der Waals surface area contributed by atoms with Gasteiger partial charge in [-0.1, -0.05) is 18.2 Å². The smallest absolute Gasteiger partial charge is 0.278 e. The zero-order chi connectivity index (χ0) is 12.3.